The van der Waals surface area contributed by atoms with Crippen molar-refractivity contribution in [2.75, 3.05) is 43.9 Å². The fraction of sp³-hybridized carbons (Fsp3) is 0.469. The van der Waals surface area contributed by atoms with Crippen LogP contribution in [0, 0.1) is 6.92 Å². The Balaban J connectivity index is 1.43. The van der Waals surface area contributed by atoms with E-state index in [9.17, 15) is 4.79 Å². The van der Waals surface area contributed by atoms with Gasteiger partial charge in [0.15, 0.2) is 0 Å². The summed E-state index contributed by atoms with van der Waals surface area (Å²) >= 11 is 2.32. The molecule has 2 aliphatic heterocycles. The van der Waals surface area contributed by atoms with Gasteiger partial charge in [0.05, 0.1) is 23.0 Å². The number of ether oxygens (including phenoxy) is 1. The minimum absolute atomic E-state index is 0.0350. The van der Waals surface area contributed by atoms with Crippen molar-refractivity contribution >= 4 is 51.6 Å². The molecule has 2 aromatic carbocycles. The van der Waals surface area contributed by atoms with Crippen LogP contribution in [-0.2, 0) is 4.43 Å². The van der Waals surface area contributed by atoms with Crippen LogP contribution in [0.3, 0.4) is 0 Å². The van der Waals surface area contributed by atoms with Crippen molar-refractivity contribution in [3.05, 3.63) is 64.8 Å². The second-order valence-electron chi connectivity index (χ2n) is 11.4. The SMILES string of the molecule is Cc1cc(Nc2ncc(CI)c(Nc3ccccc3C(=O)N3CCCC3)n2)c(OC(C)C)cc1C1CCN(C)CC1. The molecule has 218 valence electrons. The van der Waals surface area contributed by atoms with Gasteiger partial charge in [0.2, 0.25) is 5.95 Å². The van der Waals surface area contributed by atoms with Crippen LogP contribution in [0.2, 0.25) is 0 Å². The van der Waals surface area contributed by atoms with E-state index in [1.54, 1.807) is 0 Å². The Morgan fingerprint density at radius 1 is 1.07 bits per heavy atom. The summed E-state index contributed by atoms with van der Waals surface area (Å²) in [6.45, 7) is 10.1. The molecule has 2 N–H and O–H groups in total. The highest BCUT2D eigenvalue weighted by Gasteiger charge is 2.24. The van der Waals surface area contributed by atoms with Gasteiger partial charge in [0, 0.05) is 29.3 Å². The maximum absolute atomic E-state index is 13.3. The molecule has 0 unspecified atom stereocenters. The van der Waals surface area contributed by atoms with Crippen LogP contribution in [0.15, 0.2) is 42.6 Å². The highest BCUT2D eigenvalue weighted by Crippen LogP contribution is 2.38. The van der Waals surface area contributed by atoms with Gasteiger partial charge in [-0.05, 0) is 108 Å². The van der Waals surface area contributed by atoms with E-state index in [0.29, 0.717) is 23.2 Å². The molecule has 5 rings (SSSR count). The summed E-state index contributed by atoms with van der Waals surface area (Å²) < 4.78 is 7.03. The molecule has 3 aromatic rings. The quantitative estimate of drug-likeness (QED) is 0.187. The van der Waals surface area contributed by atoms with E-state index < -0.39 is 0 Å². The maximum Gasteiger partial charge on any atom is 0.255 e. The average molecular weight is 669 g/mol. The predicted molar refractivity (Wildman–Crippen MR) is 174 cm³/mol. The summed E-state index contributed by atoms with van der Waals surface area (Å²) in [5.74, 6) is 2.57. The Kier molecular flexibility index (Phi) is 9.64. The third kappa shape index (κ3) is 7.12. The first-order chi connectivity index (χ1) is 19.8. The van der Waals surface area contributed by atoms with E-state index in [-0.39, 0.29) is 12.0 Å². The second kappa shape index (κ2) is 13.4. The standard InChI is InChI=1S/C32H41IN6O2/c1-21(2)41-29-18-26(23-11-15-38(4)16-12-23)22(3)17-28(29)36-32-34-20-24(19-33)30(37-32)35-27-10-6-5-9-25(27)31(40)39-13-7-8-14-39/h5-6,9-10,17-18,20-21,23H,7-8,11-16,19H2,1-4H3,(H2,34,35,36,37). The van der Waals surface area contributed by atoms with Crippen molar-refractivity contribution in [3.63, 3.8) is 0 Å². The number of aromatic nitrogens is 2. The number of likely N-dealkylation sites (tertiary alicyclic amines) is 2. The Morgan fingerprint density at radius 2 is 1.80 bits per heavy atom. The van der Waals surface area contributed by atoms with Crippen LogP contribution in [0.5, 0.6) is 5.75 Å². The molecule has 0 saturated carbocycles. The van der Waals surface area contributed by atoms with Gasteiger partial charge >= 0.3 is 0 Å². The summed E-state index contributed by atoms with van der Waals surface area (Å²) in [6, 6.07) is 12.1. The third-order valence-electron chi connectivity index (χ3n) is 7.95. The van der Waals surface area contributed by atoms with E-state index in [2.05, 4.69) is 69.2 Å². The number of hydrogen-bond donors (Lipinski definition) is 2. The molecule has 2 aliphatic rings. The summed E-state index contributed by atoms with van der Waals surface area (Å²) in [6.07, 6.45) is 6.31. The number of aryl methyl sites for hydroxylation is 1. The molecular weight excluding hydrogens is 627 g/mol. The van der Waals surface area contributed by atoms with E-state index in [1.165, 1.54) is 11.1 Å². The molecular formula is C32H41IN6O2. The van der Waals surface area contributed by atoms with Gasteiger partial charge in [0.25, 0.3) is 5.91 Å². The first kappa shape index (κ1) is 29.6. The number of rotatable bonds is 9. The number of alkyl halides is 1. The highest BCUT2D eigenvalue weighted by atomic mass is 127. The molecule has 0 spiro atoms. The number of anilines is 4. The van der Waals surface area contributed by atoms with E-state index in [4.69, 9.17) is 9.72 Å². The first-order valence-electron chi connectivity index (χ1n) is 14.7. The molecule has 9 heteroatoms. The fourth-order valence-electron chi connectivity index (χ4n) is 5.70. The third-order valence-corrected chi connectivity index (χ3v) is 8.77. The van der Waals surface area contributed by atoms with Crippen molar-refractivity contribution in [1.29, 1.82) is 0 Å². The number of nitrogens with zero attached hydrogens (tertiary/aromatic N) is 4. The lowest BCUT2D eigenvalue weighted by molar-refractivity contribution is 0.0794. The van der Waals surface area contributed by atoms with Gasteiger partial charge in [-0.1, -0.05) is 34.7 Å². The van der Waals surface area contributed by atoms with Crippen LogP contribution in [0.1, 0.15) is 72.5 Å². The lowest BCUT2D eigenvalue weighted by Gasteiger charge is -2.30. The number of nitrogens with one attached hydrogen (secondary N) is 2. The average Bonchev–Trinajstić information content (AvgIpc) is 3.50. The van der Waals surface area contributed by atoms with Gasteiger partial charge in [0.1, 0.15) is 11.6 Å². The van der Waals surface area contributed by atoms with Crippen LogP contribution in [-0.4, -0.2) is 65.0 Å². The van der Waals surface area contributed by atoms with Gasteiger partial charge in [-0.15, -0.1) is 0 Å². The zero-order valence-electron chi connectivity index (χ0n) is 24.5. The fourth-order valence-corrected chi connectivity index (χ4v) is 6.26. The number of para-hydroxylation sites is 1. The predicted octanol–water partition coefficient (Wildman–Crippen LogP) is 7.04. The highest BCUT2D eigenvalue weighted by molar-refractivity contribution is 14.1. The maximum atomic E-state index is 13.3. The Labute approximate surface area is 257 Å². The van der Waals surface area contributed by atoms with Crippen LogP contribution in [0.25, 0.3) is 0 Å². The normalized spacial score (nSPS) is 16.3. The number of amides is 1. The summed E-state index contributed by atoms with van der Waals surface area (Å²) in [5, 5.41) is 6.90. The molecule has 41 heavy (non-hydrogen) atoms. The van der Waals surface area contributed by atoms with Crippen molar-refractivity contribution < 1.29 is 9.53 Å². The minimum Gasteiger partial charge on any atom is -0.489 e. The molecule has 0 radical (unpaired) electrons. The van der Waals surface area contributed by atoms with Gasteiger partial charge in [-0.25, -0.2) is 4.98 Å². The van der Waals surface area contributed by atoms with Crippen LogP contribution < -0.4 is 15.4 Å². The van der Waals surface area contributed by atoms with Crippen molar-refractivity contribution in [2.24, 2.45) is 0 Å². The van der Waals surface area contributed by atoms with Gasteiger partial charge in [-0.2, -0.15) is 4.98 Å². The summed E-state index contributed by atoms with van der Waals surface area (Å²) in [7, 11) is 2.19. The van der Waals surface area contributed by atoms with E-state index in [1.807, 2.05) is 49.2 Å². The van der Waals surface area contributed by atoms with E-state index >= 15 is 0 Å². The zero-order valence-corrected chi connectivity index (χ0v) is 26.7. The second-order valence-corrected chi connectivity index (χ2v) is 12.2. The van der Waals surface area contributed by atoms with Gasteiger partial charge in [-0.3, -0.25) is 4.79 Å². The molecule has 3 heterocycles. The monoisotopic (exact) mass is 668 g/mol. The number of hydrogen-bond acceptors (Lipinski definition) is 7. The van der Waals surface area contributed by atoms with Crippen molar-refractivity contribution in [2.45, 2.75) is 62.9 Å². The first-order valence-corrected chi connectivity index (χ1v) is 16.2. The Hall–Kier alpha value is -2.92. The van der Waals surface area contributed by atoms with Crippen molar-refractivity contribution in [1.82, 2.24) is 19.8 Å². The number of halogens is 1. The minimum atomic E-state index is 0.0350. The van der Waals surface area contributed by atoms with Crippen LogP contribution in [0.4, 0.5) is 23.1 Å². The molecule has 0 bridgehead atoms. The molecule has 2 fully saturated rings. The molecule has 2 saturated heterocycles. The lowest BCUT2D eigenvalue weighted by Crippen LogP contribution is -2.29. The number of piperidine rings is 1. The summed E-state index contributed by atoms with van der Waals surface area (Å²) in [4.78, 5) is 27.1. The zero-order chi connectivity index (χ0) is 28.9. The Bertz CT molecular complexity index is 1370. The molecule has 8 nitrogen and oxygen atoms in total. The van der Waals surface area contributed by atoms with E-state index in [0.717, 1.165) is 79.0 Å². The lowest BCUT2D eigenvalue weighted by atomic mass is 9.86. The van der Waals surface area contributed by atoms with Gasteiger partial charge < -0.3 is 25.2 Å². The Morgan fingerprint density at radius 3 is 2.51 bits per heavy atom. The smallest absolute Gasteiger partial charge is 0.255 e. The largest absolute Gasteiger partial charge is 0.489 e. The summed E-state index contributed by atoms with van der Waals surface area (Å²) in [5.41, 5.74) is 5.84. The number of carbonyl (C=O) groups is 1. The van der Waals surface area contributed by atoms with Crippen LogP contribution >= 0.6 is 22.6 Å². The topological polar surface area (TPSA) is 82.6 Å². The molecule has 0 atom stereocenters. The molecule has 1 amide bonds. The molecule has 0 aliphatic carbocycles. The number of benzene rings is 2. The van der Waals surface area contributed by atoms with Crippen molar-refractivity contribution in [3.8, 4) is 5.75 Å². The molecule has 1 aromatic heterocycles. The number of carbonyl (C=O) groups excluding carboxylic acids is 1.